The van der Waals surface area contributed by atoms with Crippen LogP contribution in [0.5, 0.6) is 0 Å². The smallest absolute Gasteiger partial charge is 0.337 e. The molecular formula is C12H18O4. The average molecular weight is 226 g/mol. The summed E-state index contributed by atoms with van der Waals surface area (Å²) in [5.74, 6) is -0.766. The molecule has 0 saturated carbocycles. The Bertz CT molecular complexity index is 322. The molecule has 90 valence electrons. The van der Waals surface area contributed by atoms with Gasteiger partial charge in [0.15, 0.2) is 0 Å². The maximum absolute atomic E-state index is 11.8. The minimum atomic E-state index is -0.527. The molecule has 1 unspecified atom stereocenters. The van der Waals surface area contributed by atoms with Crippen LogP contribution >= 0.6 is 0 Å². The van der Waals surface area contributed by atoms with Gasteiger partial charge in [-0.3, -0.25) is 4.79 Å². The Morgan fingerprint density at radius 2 is 2.00 bits per heavy atom. The molecule has 1 aliphatic carbocycles. The van der Waals surface area contributed by atoms with Crippen LogP contribution < -0.4 is 0 Å². The molecule has 0 radical (unpaired) electrons. The summed E-state index contributed by atoms with van der Waals surface area (Å²) in [5, 5.41) is 0. The molecule has 0 aromatic heterocycles. The summed E-state index contributed by atoms with van der Waals surface area (Å²) in [7, 11) is 0. The van der Waals surface area contributed by atoms with Gasteiger partial charge in [-0.1, -0.05) is 6.08 Å². The summed E-state index contributed by atoms with van der Waals surface area (Å²) in [5.41, 5.74) is -0.0634. The number of rotatable bonds is 2. The topological polar surface area (TPSA) is 52.6 Å². The van der Waals surface area contributed by atoms with Crippen molar-refractivity contribution in [3.63, 3.8) is 0 Å². The Hall–Kier alpha value is -1.32. The van der Waals surface area contributed by atoms with Gasteiger partial charge in [-0.05, 0) is 33.6 Å². The van der Waals surface area contributed by atoms with Crippen LogP contribution in [-0.4, -0.2) is 23.6 Å². The molecule has 4 nitrogen and oxygen atoms in total. The maximum Gasteiger partial charge on any atom is 0.337 e. The van der Waals surface area contributed by atoms with E-state index in [2.05, 4.69) is 0 Å². The van der Waals surface area contributed by atoms with E-state index in [1.165, 1.54) is 6.92 Å². The second-order valence-electron chi connectivity index (χ2n) is 4.84. The summed E-state index contributed by atoms with van der Waals surface area (Å²) in [6.45, 7) is 6.76. The van der Waals surface area contributed by atoms with E-state index in [9.17, 15) is 9.59 Å². The lowest BCUT2D eigenvalue weighted by molar-refractivity contribution is -0.153. The van der Waals surface area contributed by atoms with E-state index in [0.29, 0.717) is 12.0 Å². The number of carbonyl (C=O) groups excluding carboxylic acids is 2. The molecule has 0 aliphatic heterocycles. The van der Waals surface area contributed by atoms with Gasteiger partial charge in [-0.15, -0.1) is 0 Å². The van der Waals surface area contributed by atoms with Crippen LogP contribution in [0.3, 0.4) is 0 Å². The third-order valence-corrected chi connectivity index (χ3v) is 2.08. The van der Waals surface area contributed by atoms with Gasteiger partial charge in [0.25, 0.3) is 0 Å². The normalized spacial score (nSPS) is 20.2. The van der Waals surface area contributed by atoms with Crippen LogP contribution in [0, 0.1) is 0 Å². The Kier molecular flexibility index (Phi) is 3.73. The van der Waals surface area contributed by atoms with Crippen LogP contribution in [0.2, 0.25) is 0 Å². The average Bonchev–Trinajstić information content (AvgIpc) is 2.47. The number of ether oxygens (including phenoxy) is 2. The molecule has 0 amide bonds. The van der Waals surface area contributed by atoms with Crippen LogP contribution in [0.15, 0.2) is 11.6 Å². The van der Waals surface area contributed by atoms with Crippen molar-refractivity contribution in [3.8, 4) is 0 Å². The minimum Gasteiger partial charge on any atom is -0.457 e. The van der Waals surface area contributed by atoms with Crippen molar-refractivity contribution in [1.82, 2.24) is 0 Å². The summed E-state index contributed by atoms with van der Waals surface area (Å²) in [4.78, 5) is 22.6. The van der Waals surface area contributed by atoms with Crippen molar-refractivity contribution in [2.45, 2.75) is 52.2 Å². The zero-order chi connectivity index (χ0) is 12.3. The van der Waals surface area contributed by atoms with Crippen molar-refractivity contribution in [1.29, 1.82) is 0 Å². The van der Waals surface area contributed by atoms with E-state index in [1.54, 1.807) is 26.8 Å². The van der Waals surface area contributed by atoms with Crippen LogP contribution in [0.25, 0.3) is 0 Å². The molecular weight excluding hydrogens is 208 g/mol. The molecule has 1 atom stereocenters. The van der Waals surface area contributed by atoms with Crippen molar-refractivity contribution in [2.75, 3.05) is 0 Å². The number of carbonyl (C=O) groups is 2. The van der Waals surface area contributed by atoms with Gasteiger partial charge in [0.2, 0.25) is 0 Å². The molecule has 0 saturated heterocycles. The minimum absolute atomic E-state index is 0.374. The summed E-state index contributed by atoms with van der Waals surface area (Å²) in [6, 6.07) is 0. The molecule has 1 rings (SSSR count). The molecule has 0 N–H and O–H groups in total. The monoisotopic (exact) mass is 226 g/mol. The van der Waals surface area contributed by atoms with Crippen LogP contribution in [-0.2, 0) is 19.1 Å². The lowest BCUT2D eigenvalue weighted by Crippen LogP contribution is -2.29. The Balaban J connectivity index is 2.65. The van der Waals surface area contributed by atoms with E-state index in [4.69, 9.17) is 9.47 Å². The van der Waals surface area contributed by atoms with Gasteiger partial charge in [-0.25, -0.2) is 4.79 Å². The predicted octanol–water partition coefficient (Wildman–Crippen LogP) is 1.98. The highest BCUT2D eigenvalue weighted by Crippen LogP contribution is 2.25. The summed E-state index contributed by atoms with van der Waals surface area (Å²) >= 11 is 0. The van der Waals surface area contributed by atoms with E-state index < -0.39 is 17.7 Å². The van der Waals surface area contributed by atoms with Crippen molar-refractivity contribution in [2.24, 2.45) is 0 Å². The first-order valence-electron chi connectivity index (χ1n) is 5.40. The fourth-order valence-corrected chi connectivity index (χ4v) is 1.55. The molecule has 0 spiro atoms. The maximum atomic E-state index is 11.8. The van der Waals surface area contributed by atoms with E-state index in [1.807, 2.05) is 0 Å². The van der Waals surface area contributed by atoms with E-state index in [0.717, 1.165) is 6.42 Å². The fourth-order valence-electron chi connectivity index (χ4n) is 1.55. The lowest BCUT2D eigenvalue weighted by Gasteiger charge is -2.22. The first kappa shape index (κ1) is 12.7. The van der Waals surface area contributed by atoms with Gasteiger partial charge >= 0.3 is 11.9 Å². The van der Waals surface area contributed by atoms with Crippen LogP contribution in [0.1, 0.15) is 40.5 Å². The standard InChI is InChI=1S/C12H18O4/c1-8(13)15-10-7-5-6-9(10)11(14)16-12(2,3)4/h6,10H,5,7H2,1-4H3. The highest BCUT2D eigenvalue weighted by molar-refractivity contribution is 5.90. The molecule has 16 heavy (non-hydrogen) atoms. The van der Waals surface area contributed by atoms with Gasteiger partial charge in [-0.2, -0.15) is 0 Å². The molecule has 4 heteroatoms. The third kappa shape index (κ3) is 3.68. The predicted molar refractivity (Wildman–Crippen MR) is 58.7 cm³/mol. The van der Waals surface area contributed by atoms with Crippen molar-refractivity contribution >= 4 is 11.9 Å². The fraction of sp³-hybridized carbons (Fsp3) is 0.667. The number of hydrogen-bond acceptors (Lipinski definition) is 4. The van der Waals surface area contributed by atoms with Gasteiger partial charge < -0.3 is 9.47 Å². The van der Waals surface area contributed by atoms with Crippen molar-refractivity contribution < 1.29 is 19.1 Å². The van der Waals surface area contributed by atoms with E-state index in [-0.39, 0.29) is 5.97 Å². The number of hydrogen-bond donors (Lipinski definition) is 0. The van der Waals surface area contributed by atoms with Gasteiger partial charge in [0.05, 0.1) is 5.57 Å². The summed E-state index contributed by atoms with van der Waals surface area (Å²) < 4.78 is 10.3. The number of esters is 2. The second-order valence-corrected chi connectivity index (χ2v) is 4.84. The van der Waals surface area contributed by atoms with Crippen LogP contribution in [0.4, 0.5) is 0 Å². The zero-order valence-corrected chi connectivity index (χ0v) is 10.2. The van der Waals surface area contributed by atoms with Gasteiger partial charge in [0.1, 0.15) is 11.7 Å². The molecule has 1 aliphatic rings. The first-order chi connectivity index (χ1) is 7.29. The molecule has 0 fully saturated rings. The molecule has 0 aromatic carbocycles. The highest BCUT2D eigenvalue weighted by Gasteiger charge is 2.30. The van der Waals surface area contributed by atoms with E-state index >= 15 is 0 Å². The lowest BCUT2D eigenvalue weighted by atomic mass is 10.1. The second kappa shape index (κ2) is 4.68. The Labute approximate surface area is 95.6 Å². The molecule has 0 aromatic rings. The first-order valence-corrected chi connectivity index (χ1v) is 5.40. The molecule has 0 heterocycles. The SMILES string of the molecule is CC(=O)OC1CCC=C1C(=O)OC(C)(C)C. The van der Waals surface area contributed by atoms with Gasteiger partial charge in [0, 0.05) is 6.92 Å². The van der Waals surface area contributed by atoms with Crippen molar-refractivity contribution in [3.05, 3.63) is 11.6 Å². The molecule has 0 bridgehead atoms. The Morgan fingerprint density at radius 1 is 1.38 bits per heavy atom. The largest absolute Gasteiger partial charge is 0.457 e. The quantitative estimate of drug-likeness (QED) is 0.675. The zero-order valence-electron chi connectivity index (χ0n) is 10.2. The summed E-state index contributed by atoms with van der Waals surface area (Å²) in [6.07, 6.45) is 2.75. The third-order valence-electron chi connectivity index (χ3n) is 2.08. The highest BCUT2D eigenvalue weighted by atomic mass is 16.6. The Morgan fingerprint density at radius 3 is 2.50 bits per heavy atom. The number of allylic oxidation sites excluding steroid dienone is 1.